The van der Waals surface area contributed by atoms with Crippen LogP contribution in [0.5, 0.6) is 5.75 Å². The van der Waals surface area contributed by atoms with Gasteiger partial charge in [-0.2, -0.15) is 0 Å². The smallest absolute Gasteiger partial charge is 0.223 e. The maximum Gasteiger partial charge on any atom is 0.223 e. The topological polar surface area (TPSA) is 84.5 Å². The van der Waals surface area contributed by atoms with Gasteiger partial charge in [-0.25, -0.2) is 17.5 Å². The van der Waals surface area contributed by atoms with Crippen molar-refractivity contribution in [3.05, 3.63) is 65.5 Å². The lowest BCUT2D eigenvalue weighted by molar-refractivity contribution is -0.121. The number of hydrogen-bond acceptors (Lipinski definition) is 4. The van der Waals surface area contributed by atoms with Crippen molar-refractivity contribution in [3.63, 3.8) is 0 Å². The largest absolute Gasteiger partial charge is 0.490 e. The van der Waals surface area contributed by atoms with Crippen LogP contribution in [0.25, 0.3) is 0 Å². The highest BCUT2D eigenvalue weighted by Crippen LogP contribution is 2.15. The molecule has 0 aliphatic rings. The van der Waals surface area contributed by atoms with E-state index in [0.29, 0.717) is 5.56 Å². The molecule has 0 saturated carbocycles. The molecule has 0 heterocycles. The average molecular weight is 408 g/mol. The van der Waals surface area contributed by atoms with Crippen molar-refractivity contribution in [1.29, 1.82) is 0 Å². The van der Waals surface area contributed by atoms with Crippen molar-refractivity contribution in [2.75, 3.05) is 6.61 Å². The summed E-state index contributed by atoms with van der Waals surface area (Å²) in [4.78, 5) is 12.0. The summed E-state index contributed by atoms with van der Waals surface area (Å²) in [6, 6.07) is 12.8. The van der Waals surface area contributed by atoms with Crippen molar-refractivity contribution in [3.8, 4) is 5.75 Å². The molecular formula is C20H25FN2O4S. The molecule has 6 nitrogen and oxygen atoms in total. The lowest BCUT2D eigenvalue weighted by Crippen LogP contribution is -2.32. The number of ether oxygens (including phenoxy) is 1. The van der Waals surface area contributed by atoms with Gasteiger partial charge >= 0.3 is 0 Å². The minimum atomic E-state index is -3.46. The number of benzene rings is 2. The van der Waals surface area contributed by atoms with Crippen molar-refractivity contribution in [2.24, 2.45) is 0 Å². The average Bonchev–Trinajstić information content (AvgIpc) is 2.61. The van der Waals surface area contributed by atoms with Gasteiger partial charge in [0.2, 0.25) is 15.9 Å². The minimum absolute atomic E-state index is 0.0428. The van der Waals surface area contributed by atoms with Crippen LogP contribution in [0.1, 0.15) is 31.4 Å². The van der Waals surface area contributed by atoms with E-state index >= 15 is 0 Å². The van der Waals surface area contributed by atoms with E-state index in [2.05, 4.69) is 10.0 Å². The predicted octanol–water partition coefficient (Wildman–Crippen LogP) is 2.74. The molecule has 0 aliphatic heterocycles. The minimum Gasteiger partial charge on any atom is -0.490 e. The van der Waals surface area contributed by atoms with Gasteiger partial charge < -0.3 is 10.1 Å². The van der Waals surface area contributed by atoms with Crippen molar-refractivity contribution in [2.45, 2.75) is 38.6 Å². The van der Waals surface area contributed by atoms with E-state index in [0.717, 1.165) is 5.56 Å². The fraction of sp³-hybridized carbons (Fsp3) is 0.350. The van der Waals surface area contributed by atoms with Crippen LogP contribution in [-0.2, 0) is 27.1 Å². The molecule has 2 aromatic rings. The summed E-state index contributed by atoms with van der Waals surface area (Å²) in [5.74, 6) is -0.806. The first-order valence-corrected chi connectivity index (χ1v) is 10.6. The van der Waals surface area contributed by atoms with Gasteiger partial charge in [-0.15, -0.1) is 0 Å². The second kappa shape index (κ2) is 10.2. The zero-order valence-electron chi connectivity index (χ0n) is 15.9. The molecule has 0 fully saturated rings. The molecule has 2 rings (SSSR count). The third kappa shape index (κ3) is 7.28. The number of nitrogens with one attached hydrogen (secondary N) is 2. The Morgan fingerprint density at radius 3 is 2.39 bits per heavy atom. The van der Waals surface area contributed by atoms with Crippen molar-refractivity contribution < 1.29 is 22.3 Å². The molecule has 28 heavy (non-hydrogen) atoms. The van der Waals surface area contributed by atoms with Crippen LogP contribution >= 0.6 is 0 Å². The first-order chi connectivity index (χ1) is 13.3. The van der Waals surface area contributed by atoms with Crippen LogP contribution in [0.3, 0.4) is 0 Å². The summed E-state index contributed by atoms with van der Waals surface area (Å²) in [7, 11) is -3.46. The number of halogens is 1. The summed E-state index contributed by atoms with van der Waals surface area (Å²) >= 11 is 0. The summed E-state index contributed by atoms with van der Waals surface area (Å²) in [5.41, 5.74) is 1.35. The van der Waals surface area contributed by atoms with Gasteiger partial charge in [0.05, 0.1) is 18.8 Å². The summed E-state index contributed by atoms with van der Waals surface area (Å²) in [6.07, 6.45) is 0.0592. The zero-order valence-corrected chi connectivity index (χ0v) is 16.8. The van der Waals surface area contributed by atoms with Crippen LogP contribution in [0.15, 0.2) is 48.5 Å². The Bertz CT molecular complexity index is 901. The fourth-order valence-corrected chi connectivity index (χ4v) is 4.07. The summed E-state index contributed by atoms with van der Waals surface area (Å²) < 4.78 is 45.6. The zero-order chi connectivity index (χ0) is 20.6. The molecule has 0 saturated heterocycles. The van der Waals surface area contributed by atoms with Crippen LogP contribution in [0.4, 0.5) is 4.39 Å². The molecule has 0 aromatic heterocycles. The maximum absolute atomic E-state index is 13.5. The Morgan fingerprint density at radius 1 is 1.07 bits per heavy atom. The van der Waals surface area contributed by atoms with Crippen LogP contribution in [0, 0.1) is 5.82 Å². The summed E-state index contributed by atoms with van der Waals surface area (Å²) in [6.45, 7) is 3.76. The number of carbonyl (C=O) groups excluding carboxylic acids is 1. The molecule has 0 unspecified atom stereocenters. The number of para-hydroxylation sites is 1. The third-order valence-electron chi connectivity index (χ3n) is 3.78. The normalized spacial score (nSPS) is 11.4. The van der Waals surface area contributed by atoms with Crippen molar-refractivity contribution in [1.82, 2.24) is 10.0 Å². The molecule has 0 spiro atoms. The van der Waals surface area contributed by atoms with Gasteiger partial charge in [0.25, 0.3) is 0 Å². The van der Waals surface area contributed by atoms with Gasteiger partial charge in [-0.3, -0.25) is 4.79 Å². The Labute approximate surface area is 165 Å². The standard InChI is InChI=1S/C20H25FN2O4S/c1-15(2)23-28(25,26)14-17-8-4-3-7-16(17)13-22-20(24)11-12-27-19-10-6-5-9-18(19)21/h3-10,15,23H,11-14H2,1-2H3,(H,22,24). The van der Waals surface area contributed by atoms with Gasteiger partial charge in [0, 0.05) is 12.6 Å². The first-order valence-electron chi connectivity index (χ1n) is 8.97. The fourth-order valence-electron chi connectivity index (χ4n) is 2.57. The van der Waals surface area contributed by atoms with Gasteiger partial charge in [-0.05, 0) is 37.1 Å². The number of rotatable bonds is 10. The van der Waals surface area contributed by atoms with Gasteiger partial charge in [0.15, 0.2) is 11.6 Å². The monoisotopic (exact) mass is 408 g/mol. The number of sulfonamides is 1. The number of amides is 1. The van der Waals surface area contributed by atoms with E-state index < -0.39 is 15.8 Å². The van der Waals surface area contributed by atoms with E-state index in [1.807, 2.05) is 0 Å². The highest BCUT2D eigenvalue weighted by Gasteiger charge is 2.15. The predicted molar refractivity (Wildman–Crippen MR) is 106 cm³/mol. The lowest BCUT2D eigenvalue weighted by atomic mass is 10.1. The molecule has 0 bridgehead atoms. The second-order valence-electron chi connectivity index (χ2n) is 6.61. The molecular weight excluding hydrogens is 383 g/mol. The Morgan fingerprint density at radius 2 is 1.71 bits per heavy atom. The molecule has 2 N–H and O–H groups in total. The third-order valence-corrected chi connectivity index (χ3v) is 5.30. The highest BCUT2D eigenvalue weighted by atomic mass is 32.2. The van der Waals surface area contributed by atoms with E-state index in [-0.39, 0.29) is 43.0 Å². The van der Waals surface area contributed by atoms with E-state index in [4.69, 9.17) is 4.74 Å². The lowest BCUT2D eigenvalue weighted by Gasteiger charge is -2.13. The van der Waals surface area contributed by atoms with E-state index in [9.17, 15) is 17.6 Å². The molecule has 152 valence electrons. The summed E-state index contributed by atoms with van der Waals surface area (Å²) in [5, 5.41) is 2.74. The number of carbonyl (C=O) groups is 1. The van der Waals surface area contributed by atoms with Crippen LogP contribution in [0.2, 0.25) is 0 Å². The van der Waals surface area contributed by atoms with E-state index in [1.165, 1.54) is 12.1 Å². The van der Waals surface area contributed by atoms with Crippen LogP contribution < -0.4 is 14.8 Å². The SMILES string of the molecule is CC(C)NS(=O)(=O)Cc1ccccc1CNC(=O)CCOc1ccccc1F. The Hall–Kier alpha value is -2.45. The second-order valence-corrected chi connectivity index (χ2v) is 8.36. The molecule has 8 heteroatoms. The Kier molecular flexibility index (Phi) is 7.95. The quantitative estimate of drug-likeness (QED) is 0.633. The molecule has 2 aromatic carbocycles. The van der Waals surface area contributed by atoms with E-state index in [1.54, 1.807) is 50.2 Å². The Balaban J connectivity index is 1.87. The number of hydrogen-bond donors (Lipinski definition) is 2. The maximum atomic E-state index is 13.5. The van der Waals surface area contributed by atoms with Gasteiger partial charge in [0.1, 0.15) is 0 Å². The van der Waals surface area contributed by atoms with Crippen molar-refractivity contribution >= 4 is 15.9 Å². The molecule has 0 aliphatic carbocycles. The highest BCUT2D eigenvalue weighted by molar-refractivity contribution is 7.88. The molecule has 0 atom stereocenters. The van der Waals surface area contributed by atoms with Crippen LogP contribution in [-0.4, -0.2) is 27.0 Å². The van der Waals surface area contributed by atoms with Gasteiger partial charge in [-0.1, -0.05) is 36.4 Å². The molecule has 1 amide bonds. The first kappa shape index (κ1) is 21.8. The molecule has 0 radical (unpaired) electrons.